The van der Waals surface area contributed by atoms with Gasteiger partial charge < -0.3 is 33.7 Å². The quantitative estimate of drug-likeness (QED) is 0.600. The fraction of sp³-hybridized carbons (Fsp3) is 0.688. The Hall–Kier alpha value is -2.01. The van der Waals surface area contributed by atoms with Crippen LogP contribution in [0.1, 0.15) is 26.3 Å². The molecular weight excluding hydrogens is 344 g/mol. The van der Waals surface area contributed by atoms with Gasteiger partial charge >= 0.3 is 5.63 Å². The molecule has 1 aliphatic heterocycles. The third-order valence-corrected chi connectivity index (χ3v) is 4.82. The predicted molar refractivity (Wildman–Crippen MR) is 89.3 cm³/mol. The second-order valence-electron chi connectivity index (χ2n) is 7.07. The molecule has 0 bridgehead atoms. The zero-order valence-corrected chi connectivity index (χ0v) is 14.9. The number of nitrogens with two attached hydrogens (primary N) is 1. The van der Waals surface area contributed by atoms with Crippen LogP contribution in [0, 0.1) is 5.92 Å². The van der Waals surface area contributed by atoms with Crippen molar-refractivity contribution in [3.63, 3.8) is 0 Å². The van der Waals surface area contributed by atoms with Gasteiger partial charge in [0.1, 0.15) is 12.9 Å². The van der Waals surface area contributed by atoms with Crippen LogP contribution >= 0.6 is 0 Å². The highest BCUT2D eigenvalue weighted by molar-refractivity contribution is 5.69. The van der Waals surface area contributed by atoms with Crippen molar-refractivity contribution in [2.45, 2.75) is 44.3 Å². The molecule has 0 aromatic carbocycles. The van der Waals surface area contributed by atoms with E-state index in [1.54, 1.807) is 13.4 Å². The van der Waals surface area contributed by atoms with E-state index in [1.165, 1.54) is 0 Å². The third kappa shape index (κ3) is 2.88. The standard InChI is InChI=1S/C16H22N4O6/c1-16(2)25-11-8(5-23-7-22-3)4-9(12(11)26-16)20-6-18-10-13(20)19-15(17)24-14(10)21/h6,8-9,11-12H,4-5,7H2,1-3H3,(H2,17,19)/t8-,9-,11-,12+/m1/s1. The van der Waals surface area contributed by atoms with Gasteiger partial charge in [-0.1, -0.05) is 0 Å². The molecule has 10 heteroatoms. The van der Waals surface area contributed by atoms with Gasteiger partial charge in [-0.3, -0.25) is 0 Å². The minimum Gasteiger partial charge on any atom is -0.388 e. The smallest absolute Gasteiger partial charge is 0.368 e. The summed E-state index contributed by atoms with van der Waals surface area (Å²) in [6, 6.07) is -0.306. The fourth-order valence-electron chi connectivity index (χ4n) is 3.90. The number of rotatable bonds is 5. The Kier molecular flexibility index (Phi) is 4.22. The summed E-state index contributed by atoms with van der Waals surface area (Å²) in [6.07, 6.45) is 1.95. The minimum absolute atomic E-state index is 0.108. The molecule has 0 radical (unpaired) electrons. The molecule has 0 spiro atoms. The van der Waals surface area contributed by atoms with Gasteiger partial charge in [0.2, 0.25) is 0 Å². The molecule has 2 N–H and O–H groups in total. The lowest BCUT2D eigenvalue weighted by atomic mass is 10.1. The molecular formula is C16H22N4O6. The van der Waals surface area contributed by atoms with Gasteiger partial charge in [0, 0.05) is 13.0 Å². The van der Waals surface area contributed by atoms with Crippen molar-refractivity contribution < 1.29 is 23.4 Å². The molecule has 2 aromatic rings. The van der Waals surface area contributed by atoms with Crippen LogP contribution in [0.4, 0.5) is 6.01 Å². The molecule has 2 fully saturated rings. The van der Waals surface area contributed by atoms with Crippen LogP contribution in [-0.2, 0) is 18.9 Å². The molecule has 4 atom stereocenters. The first-order valence-corrected chi connectivity index (χ1v) is 8.45. The fourth-order valence-corrected chi connectivity index (χ4v) is 3.90. The summed E-state index contributed by atoms with van der Waals surface area (Å²) < 4.78 is 29.4. The molecule has 0 unspecified atom stereocenters. The maximum Gasteiger partial charge on any atom is 0.368 e. The number of nitrogens with zero attached hydrogens (tertiary/aromatic N) is 3. The molecule has 2 aliphatic rings. The highest BCUT2D eigenvalue weighted by atomic mass is 16.8. The first-order chi connectivity index (χ1) is 12.4. The van der Waals surface area contributed by atoms with Gasteiger partial charge in [0.25, 0.3) is 6.01 Å². The second-order valence-corrected chi connectivity index (χ2v) is 7.07. The van der Waals surface area contributed by atoms with Gasteiger partial charge in [-0.25, -0.2) is 9.78 Å². The number of aromatic nitrogens is 3. The molecule has 1 saturated heterocycles. The zero-order chi connectivity index (χ0) is 18.5. The molecule has 142 valence electrons. The summed E-state index contributed by atoms with van der Waals surface area (Å²) in [5.74, 6) is -0.591. The van der Waals surface area contributed by atoms with E-state index in [1.807, 2.05) is 18.4 Å². The molecule has 1 aliphatic carbocycles. The van der Waals surface area contributed by atoms with Crippen molar-refractivity contribution in [3.05, 3.63) is 16.7 Å². The Bertz CT molecular complexity index is 862. The van der Waals surface area contributed by atoms with Crippen molar-refractivity contribution in [2.75, 3.05) is 26.2 Å². The van der Waals surface area contributed by atoms with Crippen molar-refractivity contribution in [1.82, 2.24) is 14.5 Å². The molecule has 10 nitrogen and oxygen atoms in total. The normalized spacial score (nSPS) is 30.1. The number of imidazole rings is 1. The average Bonchev–Trinajstić information content (AvgIpc) is 3.19. The number of anilines is 1. The van der Waals surface area contributed by atoms with Crippen LogP contribution in [0.5, 0.6) is 0 Å². The van der Waals surface area contributed by atoms with E-state index in [2.05, 4.69) is 9.97 Å². The topological polar surface area (TPSA) is 124 Å². The lowest BCUT2D eigenvalue weighted by molar-refractivity contribution is -0.164. The van der Waals surface area contributed by atoms with E-state index < -0.39 is 11.4 Å². The Morgan fingerprint density at radius 3 is 2.92 bits per heavy atom. The Morgan fingerprint density at radius 2 is 2.15 bits per heavy atom. The van der Waals surface area contributed by atoms with Crippen molar-refractivity contribution >= 4 is 17.2 Å². The molecule has 1 saturated carbocycles. The molecule has 4 rings (SSSR count). The zero-order valence-electron chi connectivity index (χ0n) is 14.9. The summed E-state index contributed by atoms with van der Waals surface area (Å²) >= 11 is 0. The number of ether oxygens (including phenoxy) is 4. The van der Waals surface area contributed by atoms with Crippen molar-refractivity contribution in [1.29, 1.82) is 0 Å². The van der Waals surface area contributed by atoms with E-state index >= 15 is 0 Å². The van der Waals surface area contributed by atoms with Crippen molar-refractivity contribution in [3.8, 4) is 0 Å². The Morgan fingerprint density at radius 1 is 1.38 bits per heavy atom. The predicted octanol–water partition coefficient (Wildman–Crippen LogP) is 0.668. The largest absolute Gasteiger partial charge is 0.388 e. The second kappa shape index (κ2) is 6.31. The molecule has 2 aromatic heterocycles. The van der Waals surface area contributed by atoms with E-state index in [0.717, 1.165) is 6.42 Å². The van der Waals surface area contributed by atoms with E-state index in [-0.39, 0.29) is 42.5 Å². The maximum atomic E-state index is 11.9. The SMILES string of the molecule is COCOC[C@H]1C[C@@H](n2cnc3c(=O)oc(N)nc32)[C@@H]2OC(C)(C)O[C@H]12. The van der Waals surface area contributed by atoms with Crippen LogP contribution in [0.25, 0.3) is 11.2 Å². The number of hydrogen-bond acceptors (Lipinski definition) is 9. The lowest BCUT2D eigenvalue weighted by Gasteiger charge is -2.24. The first kappa shape index (κ1) is 17.4. The van der Waals surface area contributed by atoms with Crippen LogP contribution in [0.3, 0.4) is 0 Å². The van der Waals surface area contributed by atoms with Crippen LogP contribution in [-0.4, -0.2) is 53.0 Å². The Labute approximate surface area is 149 Å². The highest BCUT2D eigenvalue weighted by Gasteiger charge is 2.54. The molecule has 26 heavy (non-hydrogen) atoms. The van der Waals surface area contributed by atoms with Crippen molar-refractivity contribution in [2.24, 2.45) is 5.92 Å². The monoisotopic (exact) mass is 366 g/mol. The lowest BCUT2D eigenvalue weighted by Crippen LogP contribution is -2.28. The van der Waals surface area contributed by atoms with Crippen LogP contribution < -0.4 is 11.4 Å². The van der Waals surface area contributed by atoms with Gasteiger partial charge in [0.15, 0.2) is 17.0 Å². The summed E-state index contributed by atoms with van der Waals surface area (Å²) in [6.45, 7) is 4.46. The van der Waals surface area contributed by atoms with Crippen LogP contribution in [0.2, 0.25) is 0 Å². The summed E-state index contributed by atoms with van der Waals surface area (Å²) in [5.41, 5.74) is 5.52. The number of methoxy groups -OCH3 is 1. The first-order valence-electron chi connectivity index (χ1n) is 8.45. The maximum absolute atomic E-state index is 11.9. The number of hydrogen-bond donors (Lipinski definition) is 1. The summed E-state index contributed by atoms with van der Waals surface area (Å²) in [4.78, 5) is 20.2. The van der Waals surface area contributed by atoms with E-state index in [9.17, 15) is 4.79 Å². The highest BCUT2D eigenvalue weighted by Crippen LogP contribution is 2.47. The molecule has 3 heterocycles. The molecule has 0 amide bonds. The van der Waals surface area contributed by atoms with Gasteiger partial charge in [0.05, 0.1) is 25.1 Å². The van der Waals surface area contributed by atoms with Gasteiger partial charge in [-0.15, -0.1) is 0 Å². The third-order valence-electron chi connectivity index (χ3n) is 4.82. The number of fused-ring (bicyclic) bond motifs is 2. The Balaban J connectivity index is 1.69. The summed E-state index contributed by atoms with van der Waals surface area (Å²) in [7, 11) is 1.58. The van der Waals surface area contributed by atoms with Crippen LogP contribution in [0.15, 0.2) is 15.5 Å². The van der Waals surface area contributed by atoms with E-state index in [4.69, 9.17) is 29.1 Å². The van der Waals surface area contributed by atoms with E-state index in [0.29, 0.717) is 12.3 Å². The van der Waals surface area contributed by atoms with Gasteiger partial charge in [-0.05, 0) is 20.3 Å². The van der Waals surface area contributed by atoms with Gasteiger partial charge in [-0.2, -0.15) is 4.98 Å². The summed E-state index contributed by atoms with van der Waals surface area (Å²) in [5, 5.41) is 0. The number of nitrogen functional groups attached to an aromatic ring is 1. The minimum atomic E-state index is -0.699. The average molecular weight is 366 g/mol.